The number of hydrogen-bond acceptors (Lipinski definition) is 1. The van der Waals surface area contributed by atoms with Gasteiger partial charge in [0, 0.05) is 33.5 Å². The number of nitrogens with zero attached hydrogens (tertiary/aromatic N) is 2. The molecule has 14 rings (SSSR count). The van der Waals surface area contributed by atoms with Crippen molar-refractivity contribution >= 4 is 38.9 Å². The minimum Gasteiger partial charge on any atom is -0.311 e. The zero-order valence-electron chi connectivity index (χ0n) is 41.3. The number of para-hydroxylation sites is 2. The maximum Gasteiger partial charge on any atom is 0.0719 e. The number of anilines is 3. The Hall–Kier alpha value is -9.76. The van der Waals surface area contributed by atoms with Crippen molar-refractivity contribution < 1.29 is 0 Å². The Morgan fingerprint density at radius 1 is 0.267 bits per heavy atom. The van der Waals surface area contributed by atoms with Crippen LogP contribution in [-0.4, -0.2) is 4.57 Å². The molecule has 1 aromatic heterocycles. The van der Waals surface area contributed by atoms with Gasteiger partial charge in [-0.05, 0) is 151 Å². The third kappa shape index (κ3) is 7.41. The highest BCUT2D eigenvalue weighted by molar-refractivity contribution is 6.10. The summed E-state index contributed by atoms with van der Waals surface area (Å²) in [6, 6.07) is 111. The minimum absolute atomic E-state index is 0.578. The summed E-state index contributed by atoms with van der Waals surface area (Å²) in [4.78, 5) is 2.38. The van der Waals surface area contributed by atoms with Crippen molar-refractivity contribution in [3.8, 4) is 61.3 Å². The van der Waals surface area contributed by atoms with E-state index in [1.165, 1.54) is 99.7 Å². The fraction of sp³-hybridized carbons (Fsp3) is 0.0137. The average Bonchev–Trinajstić information content (AvgIpc) is 4.00. The molecule has 0 radical (unpaired) electrons. The molecule has 1 unspecified atom stereocenters. The summed E-state index contributed by atoms with van der Waals surface area (Å²) < 4.78 is 2.37. The second kappa shape index (κ2) is 18.4. The van der Waals surface area contributed by atoms with Crippen molar-refractivity contribution in [1.29, 1.82) is 0 Å². The first-order valence-corrected chi connectivity index (χ1v) is 25.9. The van der Waals surface area contributed by atoms with Gasteiger partial charge in [0.05, 0.1) is 16.4 Å². The Morgan fingerprint density at radius 2 is 0.707 bits per heavy atom. The van der Waals surface area contributed by atoms with Crippen LogP contribution >= 0.6 is 0 Å². The molecule has 2 heteroatoms. The van der Waals surface area contributed by atoms with Gasteiger partial charge < -0.3 is 9.47 Å². The molecule has 1 aliphatic carbocycles. The van der Waals surface area contributed by atoms with E-state index in [1.807, 2.05) is 0 Å². The Bertz CT molecular complexity index is 4180. The van der Waals surface area contributed by atoms with Crippen LogP contribution in [0.15, 0.2) is 303 Å². The SMILES string of the molecule is c1ccc(-c2ccc(N(c3ccc(-c4ccc5c(c4)c4ccccc4n5-c4ccccc4)cc3)c3ccc(-c4cccc5c4C(c4ccccc4)(c4cccc(-c6ccccc6)c4)c4ccccc4-5)cc3)cc2)cc1. The molecule has 1 heterocycles. The van der Waals surface area contributed by atoms with Crippen LogP contribution in [0.2, 0.25) is 0 Å². The van der Waals surface area contributed by atoms with Crippen molar-refractivity contribution in [2.45, 2.75) is 5.41 Å². The predicted molar refractivity (Wildman–Crippen MR) is 315 cm³/mol. The van der Waals surface area contributed by atoms with Crippen LogP contribution in [0, 0.1) is 0 Å². The molecule has 0 saturated heterocycles. The van der Waals surface area contributed by atoms with E-state index < -0.39 is 5.41 Å². The highest BCUT2D eigenvalue weighted by Crippen LogP contribution is 2.59. The van der Waals surface area contributed by atoms with E-state index >= 15 is 0 Å². The summed E-state index contributed by atoms with van der Waals surface area (Å²) in [6.45, 7) is 0. The van der Waals surface area contributed by atoms with E-state index in [1.54, 1.807) is 0 Å². The Labute approximate surface area is 438 Å². The largest absolute Gasteiger partial charge is 0.311 e. The maximum absolute atomic E-state index is 2.42. The number of rotatable bonds is 10. The second-order valence-electron chi connectivity index (χ2n) is 19.6. The van der Waals surface area contributed by atoms with Crippen molar-refractivity contribution in [1.82, 2.24) is 4.57 Å². The maximum atomic E-state index is 2.42. The van der Waals surface area contributed by atoms with E-state index in [0.717, 1.165) is 22.7 Å². The van der Waals surface area contributed by atoms with Gasteiger partial charge in [-0.15, -0.1) is 0 Å². The summed E-state index contributed by atoms with van der Waals surface area (Å²) in [6.07, 6.45) is 0. The molecule has 1 aliphatic rings. The molecule has 1 atom stereocenters. The lowest BCUT2D eigenvalue weighted by molar-refractivity contribution is 0.770. The molecule has 0 amide bonds. The van der Waals surface area contributed by atoms with Crippen molar-refractivity contribution in [2.75, 3.05) is 4.90 Å². The van der Waals surface area contributed by atoms with Crippen molar-refractivity contribution in [3.63, 3.8) is 0 Å². The lowest BCUT2D eigenvalue weighted by Crippen LogP contribution is -2.29. The normalized spacial score (nSPS) is 13.7. The first kappa shape index (κ1) is 44.0. The molecule has 2 nitrogen and oxygen atoms in total. The zero-order valence-corrected chi connectivity index (χ0v) is 41.3. The van der Waals surface area contributed by atoms with Gasteiger partial charge in [-0.25, -0.2) is 0 Å². The number of fused-ring (bicyclic) bond motifs is 6. The van der Waals surface area contributed by atoms with Gasteiger partial charge in [-0.3, -0.25) is 0 Å². The van der Waals surface area contributed by atoms with Crippen LogP contribution in [0.5, 0.6) is 0 Å². The van der Waals surface area contributed by atoms with Gasteiger partial charge in [0.1, 0.15) is 0 Å². The fourth-order valence-electron chi connectivity index (χ4n) is 12.1. The average molecular weight is 955 g/mol. The topological polar surface area (TPSA) is 8.17 Å². The molecule has 12 aromatic carbocycles. The molecule has 0 fully saturated rings. The molecule has 0 spiro atoms. The predicted octanol–water partition coefficient (Wildman–Crippen LogP) is 19.3. The van der Waals surface area contributed by atoms with E-state index in [9.17, 15) is 0 Å². The third-order valence-corrected chi connectivity index (χ3v) is 15.5. The molecule has 0 aliphatic heterocycles. The minimum atomic E-state index is -0.578. The van der Waals surface area contributed by atoms with Gasteiger partial charge in [-0.2, -0.15) is 0 Å². The van der Waals surface area contributed by atoms with Crippen LogP contribution in [0.3, 0.4) is 0 Å². The van der Waals surface area contributed by atoms with Crippen LogP contribution in [0.4, 0.5) is 17.1 Å². The van der Waals surface area contributed by atoms with Crippen LogP contribution in [0.1, 0.15) is 22.3 Å². The molecular weight excluding hydrogens is 905 g/mol. The molecule has 352 valence electrons. The summed E-state index contributed by atoms with van der Waals surface area (Å²) in [5, 5.41) is 2.49. The zero-order chi connectivity index (χ0) is 49.7. The highest BCUT2D eigenvalue weighted by Gasteiger charge is 2.47. The lowest BCUT2D eigenvalue weighted by atomic mass is 9.66. The van der Waals surface area contributed by atoms with Gasteiger partial charge in [0.2, 0.25) is 0 Å². The third-order valence-electron chi connectivity index (χ3n) is 15.5. The second-order valence-corrected chi connectivity index (χ2v) is 19.6. The van der Waals surface area contributed by atoms with Crippen molar-refractivity contribution in [3.05, 3.63) is 326 Å². The molecule has 13 aromatic rings. The van der Waals surface area contributed by atoms with E-state index in [4.69, 9.17) is 0 Å². The monoisotopic (exact) mass is 954 g/mol. The standard InChI is InChI=1S/C73H50N2/c1-5-19-51(20-6-1)53-35-42-61(43-36-53)74(62-44-37-54(38-45-62)57-41-48-71-68(50-57)66-30-14-16-34-70(66)75(71)60-27-11-4-12-28-60)63-46-39-55(40-47-63)64-31-18-32-67-65-29-13-15-33-69(65)73(72(64)67,58-24-9-3-10-25-58)59-26-17-23-56(49-59)52-21-7-2-8-22-52/h1-50H. The molecule has 75 heavy (non-hydrogen) atoms. The van der Waals surface area contributed by atoms with E-state index in [0.29, 0.717) is 0 Å². The highest BCUT2D eigenvalue weighted by atomic mass is 15.1. The van der Waals surface area contributed by atoms with E-state index in [-0.39, 0.29) is 0 Å². The van der Waals surface area contributed by atoms with Gasteiger partial charge in [0.25, 0.3) is 0 Å². The lowest BCUT2D eigenvalue weighted by Gasteiger charge is -2.35. The summed E-state index contributed by atoms with van der Waals surface area (Å²) in [5.41, 5.74) is 23.4. The molecular formula is C73H50N2. The first-order valence-electron chi connectivity index (χ1n) is 25.9. The summed E-state index contributed by atoms with van der Waals surface area (Å²) in [7, 11) is 0. The fourth-order valence-corrected chi connectivity index (χ4v) is 12.1. The van der Waals surface area contributed by atoms with Crippen LogP contribution in [0.25, 0.3) is 83.1 Å². The Kier molecular flexibility index (Phi) is 10.8. The molecule has 0 N–H and O–H groups in total. The van der Waals surface area contributed by atoms with E-state index in [2.05, 4.69) is 313 Å². The van der Waals surface area contributed by atoms with Gasteiger partial charge >= 0.3 is 0 Å². The van der Waals surface area contributed by atoms with Crippen LogP contribution < -0.4 is 4.90 Å². The Morgan fingerprint density at radius 3 is 1.39 bits per heavy atom. The van der Waals surface area contributed by atoms with Gasteiger partial charge in [0.15, 0.2) is 0 Å². The van der Waals surface area contributed by atoms with Gasteiger partial charge in [-0.1, -0.05) is 231 Å². The smallest absolute Gasteiger partial charge is 0.0719 e. The molecule has 0 saturated carbocycles. The number of hydrogen-bond donors (Lipinski definition) is 0. The number of aromatic nitrogens is 1. The number of benzene rings is 12. The Balaban J connectivity index is 0.886. The molecule has 0 bridgehead atoms. The van der Waals surface area contributed by atoms with Crippen LogP contribution in [-0.2, 0) is 5.41 Å². The van der Waals surface area contributed by atoms with Crippen molar-refractivity contribution in [2.24, 2.45) is 0 Å². The summed E-state index contributed by atoms with van der Waals surface area (Å²) in [5.74, 6) is 0. The first-order chi connectivity index (χ1) is 37.2. The quantitative estimate of drug-likeness (QED) is 0.133. The summed E-state index contributed by atoms with van der Waals surface area (Å²) >= 11 is 0.